The van der Waals surface area contributed by atoms with Gasteiger partial charge in [-0.3, -0.25) is 4.42 Å². The van der Waals surface area contributed by atoms with Crippen LogP contribution in [0.2, 0.25) is 0 Å². The number of rotatable bonds is 2. The maximum Gasteiger partial charge on any atom is 0.430 e. The SMILES string of the molecule is C[O+]=C1C=CC(=C(C23CC4CC(CC(C4)C2)C3)C23CC4CC(CC(C4)C2)C3)C(C)=C1.O=C([O-])C(F)(F)F. The van der Waals surface area contributed by atoms with Crippen molar-refractivity contribution in [2.45, 2.75) is 90.1 Å². The number of hydrogen-bond donors (Lipinski definition) is 0. The molecular weight excluding hydrogens is 477 g/mol. The van der Waals surface area contributed by atoms with E-state index in [9.17, 15) is 13.2 Å². The third-order valence-electron chi connectivity index (χ3n) is 11.1. The van der Waals surface area contributed by atoms with Crippen LogP contribution in [0.3, 0.4) is 0 Å². The lowest BCUT2D eigenvalue weighted by molar-refractivity contribution is -0.417. The summed E-state index contributed by atoms with van der Waals surface area (Å²) in [6, 6.07) is 0. The number of carbonyl (C=O) groups excluding carboxylic acids is 2. The van der Waals surface area contributed by atoms with Crippen LogP contribution in [-0.4, -0.2) is 25.0 Å². The molecule has 8 fully saturated rings. The van der Waals surface area contributed by atoms with Crippen molar-refractivity contribution in [3.63, 3.8) is 0 Å². The molecule has 9 rings (SSSR count). The van der Waals surface area contributed by atoms with Crippen molar-refractivity contribution in [1.29, 1.82) is 0 Å². The van der Waals surface area contributed by atoms with E-state index in [4.69, 9.17) is 14.3 Å². The molecule has 0 saturated heterocycles. The van der Waals surface area contributed by atoms with Crippen LogP contribution in [0.4, 0.5) is 13.2 Å². The maximum atomic E-state index is 10.5. The van der Waals surface area contributed by atoms with E-state index in [1.807, 2.05) is 12.7 Å². The van der Waals surface area contributed by atoms with E-state index in [1.165, 1.54) is 44.1 Å². The van der Waals surface area contributed by atoms with Gasteiger partial charge < -0.3 is 9.90 Å². The lowest BCUT2D eigenvalue weighted by Crippen LogP contribution is -2.54. The molecule has 0 aromatic rings. The zero-order chi connectivity index (χ0) is 26.2. The molecule has 9 aliphatic rings. The van der Waals surface area contributed by atoms with Crippen molar-refractivity contribution >= 4 is 11.8 Å². The molecule has 202 valence electrons. The normalized spacial score (nSPS) is 44.1. The van der Waals surface area contributed by atoms with E-state index in [0.717, 1.165) is 41.3 Å². The van der Waals surface area contributed by atoms with Gasteiger partial charge in [-0.05, 0) is 148 Å². The Labute approximate surface area is 218 Å². The average Bonchev–Trinajstić information content (AvgIpc) is 2.78. The second-order valence-corrected chi connectivity index (χ2v) is 13.7. The van der Waals surface area contributed by atoms with Gasteiger partial charge >= 0.3 is 12.0 Å². The van der Waals surface area contributed by atoms with Gasteiger partial charge in [0.2, 0.25) is 0 Å². The molecule has 9 aliphatic carbocycles. The number of halogens is 3. The van der Waals surface area contributed by atoms with Crippen molar-refractivity contribution < 1.29 is 27.5 Å². The second-order valence-electron chi connectivity index (χ2n) is 13.7. The first-order valence-electron chi connectivity index (χ1n) is 14.3. The molecule has 0 atom stereocenters. The smallest absolute Gasteiger partial charge is 0.430 e. The van der Waals surface area contributed by atoms with Gasteiger partial charge in [0.15, 0.2) is 0 Å². The van der Waals surface area contributed by atoms with E-state index < -0.39 is 12.1 Å². The molecule has 0 N–H and O–H groups in total. The number of carbonyl (C=O) groups is 1. The Hall–Kier alpha value is -1.85. The first-order chi connectivity index (χ1) is 17.5. The Bertz CT molecular complexity index is 973. The minimum atomic E-state index is -5.19. The van der Waals surface area contributed by atoms with Crippen LogP contribution in [0.15, 0.2) is 34.9 Å². The highest BCUT2D eigenvalue weighted by Crippen LogP contribution is 2.72. The zero-order valence-corrected chi connectivity index (χ0v) is 22.0. The summed E-state index contributed by atoms with van der Waals surface area (Å²) in [5, 5.41) is 8.78. The highest BCUT2D eigenvalue weighted by atomic mass is 19.4. The number of allylic oxidation sites excluding steroid dienone is 6. The molecule has 0 aromatic carbocycles. The summed E-state index contributed by atoms with van der Waals surface area (Å²) in [5.74, 6) is 4.19. The number of ketones is 1. The number of aliphatic carboxylic acids is 1. The molecule has 3 nitrogen and oxygen atoms in total. The summed E-state index contributed by atoms with van der Waals surface area (Å²) in [6.45, 7) is 2.37. The van der Waals surface area contributed by atoms with Gasteiger partial charge in [0.25, 0.3) is 7.11 Å². The fourth-order valence-electron chi connectivity index (χ4n) is 11.0. The van der Waals surface area contributed by atoms with Crippen molar-refractivity contribution in [1.82, 2.24) is 0 Å². The summed E-state index contributed by atoms with van der Waals surface area (Å²) in [4.78, 5) is 8.78. The average molecular weight is 517 g/mol. The Kier molecular flexibility index (Phi) is 6.08. The molecule has 0 radical (unpaired) electrons. The van der Waals surface area contributed by atoms with E-state index in [0.29, 0.717) is 10.8 Å². The number of carboxylic acid groups (broad SMARTS) is 1. The van der Waals surface area contributed by atoms with Gasteiger partial charge in [0, 0.05) is 12.2 Å². The highest BCUT2D eigenvalue weighted by molar-refractivity contribution is 6.02. The molecule has 37 heavy (non-hydrogen) atoms. The van der Waals surface area contributed by atoms with Gasteiger partial charge in [-0.1, -0.05) is 5.57 Å². The Morgan fingerprint density at radius 2 is 1.16 bits per heavy atom. The fraction of sp³-hybridized carbons (Fsp3) is 0.742. The molecule has 8 bridgehead atoms. The number of hydrogen-bond acceptors (Lipinski definition) is 2. The number of alkyl halides is 3. The molecule has 0 amide bonds. The summed E-state index contributed by atoms with van der Waals surface area (Å²) < 4.78 is 37.2. The van der Waals surface area contributed by atoms with E-state index in [1.54, 1.807) is 44.1 Å². The van der Waals surface area contributed by atoms with Crippen LogP contribution >= 0.6 is 0 Å². The lowest BCUT2D eigenvalue weighted by atomic mass is 9.39. The predicted octanol–water partition coefficient (Wildman–Crippen LogP) is 6.27. The quantitative estimate of drug-likeness (QED) is 0.407. The van der Waals surface area contributed by atoms with Crippen LogP contribution in [0.25, 0.3) is 0 Å². The third kappa shape index (κ3) is 4.44. The predicted molar refractivity (Wildman–Crippen MR) is 133 cm³/mol. The molecule has 8 saturated carbocycles. The van der Waals surface area contributed by atoms with E-state index in [2.05, 4.69) is 25.2 Å². The Balaban J connectivity index is 0.000000321. The van der Waals surface area contributed by atoms with Crippen LogP contribution in [0.5, 0.6) is 0 Å². The highest BCUT2D eigenvalue weighted by Gasteiger charge is 2.61. The lowest BCUT2D eigenvalue weighted by Gasteiger charge is -2.65. The first kappa shape index (κ1) is 25.4. The van der Waals surface area contributed by atoms with Crippen molar-refractivity contribution in [3.05, 3.63) is 34.9 Å². The summed E-state index contributed by atoms with van der Waals surface area (Å²) >= 11 is 0. The van der Waals surface area contributed by atoms with Gasteiger partial charge in [0.1, 0.15) is 5.97 Å². The van der Waals surface area contributed by atoms with Gasteiger partial charge in [-0.2, -0.15) is 13.2 Å². The van der Waals surface area contributed by atoms with Crippen LogP contribution in [0.1, 0.15) is 84.0 Å². The molecule has 0 aliphatic heterocycles. The molecular formula is C31H39F3O3. The Morgan fingerprint density at radius 1 is 0.811 bits per heavy atom. The minimum absolute atomic E-state index is 0.528. The number of carboxylic acids is 1. The topological polar surface area (TPSA) is 51.4 Å². The third-order valence-corrected chi connectivity index (χ3v) is 11.1. The molecule has 0 unspecified atom stereocenters. The van der Waals surface area contributed by atoms with E-state index in [-0.39, 0.29) is 0 Å². The second kappa shape index (κ2) is 8.84. The molecule has 0 spiro atoms. The zero-order valence-electron chi connectivity index (χ0n) is 22.0. The first-order valence-corrected chi connectivity index (χ1v) is 14.3. The molecule has 0 heterocycles. The van der Waals surface area contributed by atoms with Crippen LogP contribution in [0, 0.1) is 46.3 Å². The van der Waals surface area contributed by atoms with Crippen molar-refractivity contribution in [2.24, 2.45) is 46.3 Å². The summed E-state index contributed by atoms with van der Waals surface area (Å²) in [6.07, 6.45) is 20.3. The van der Waals surface area contributed by atoms with Crippen molar-refractivity contribution in [2.75, 3.05) is 7.11 Å². The van der Waals surface area contributed by atoms with Gasteiger partial charge in [-0.25, -0.2) is 0 Å². The van der Waals surface area contributed by atoms with Gasteiger partial charge in [-0.15, -0.1) is 0 Å². The fourth-order valence-corrected chi connectivity index (χ4v) is 11.0. The minimum Gasteiger partial charge on any atom is -0.542 e. The summed E-state index contributed by atoms with van der Waals surface area (Å²) in [7, 11) is 1.82. The monoisotopic (exact) mass is 516 g/mol. The van der Waals surface area contributed by atoms with Gasteiger partial charge in [0.05, 0.1) is 0 Å². The standard InChI is InChI=1S/C29H39O.C2HF3O2/c1-18-5-25(30-2)3-4-26(18)27(28-12-19-6-20(13-28)8-21(7-19)14-28)29-15-22-9-23(16-29)11-24(10-22)17-29;3-2(4,5)1(6)7/h3-5,19-24H,6-17H2,1-2H3;(H,6,7)/q+1;/p-1. The maximum absolute atomic E-state index is 10.5. The Morgan fingerprint density at radius 3 is 1.43 bits per heavy atom. The van der Waals surface area contributed by atoms with Crippen LogP contribution in [-0.2, 0) is 9.22 Å². The van der Waals surface area contributed by atoms with E-state index >= 15 is 0 Å². The molecule has 0 aromatic heterocycles. The van der Waals surface area contributed by atoms with Crippen LogP contribution < -0.4 is 5.11 Å². The van der Waals surface area contributed by atoms with Crippen molar-refractivity contribution in [3.8, 4) is 0 Å². The molecule has 6 heteroatoms. The summed E-state index contributed by atoms with van der Waals surface area (Å²) in [5.41, 5.74) is 6.18. The largest absolute Gasteiger partial charge is 0.542 e.